The van der Waals surface area contributed by atoms with Gasteiger partial charge in [-0.1, -0.05) is 11.8 Å². The molecular formula is C22H30O2. The van der Waals surface area contributed by atoms with E-state index in [9.17, 15) is 10.2 Å². The van der Waals surface area contributed by atoms with E-state index in [2.05, 4.69) is 11.8 Å². The number of hydrogen-bond acceptors (Lipinski definition) is 2. The van der Waals surface area contributed by atoms with Crippen LogP contribution in [-0.4, -0.2) is 21.9 Å². The highest BCUT2D eigenvalue weighted by Gasteiger charge is 2.58. The van der Waals surface area contributed by atoms with E-state index < -0.39 is 5.60 Å². The molecule has 8 bridgehead atoms. The van der Waals surface area contributed by atoms with Gasteiger partial charge in [0.15, 0.2) is 0 Å². The molecule has 2 heteroatoms. The van der Waals surface area contributed by atoms with Gasteiger partial charge in [-0.25, -0.2) is 0 Å². The van der Waals surface area contributed by atoms with Gasteiger partial charge in [0.05, 0.1) is 11.5 Å². The van der Waals surface area contributed by atoms with E-state index >= 15 is 0 Å². The summed E-state index contributed by atoms with van der Waals surface area (Å²) in [5, 5.41) is 22.5. The summed E-state index contributed by atoms with van der Waals surface area (Å²) in [7, 11) is 0. The molecule has 0 aromatic heterocycles. The van der Waals surface area contributed by atoms with E-state index in [0.717, 1.165) is 36.5 Å². The highest BCUT2D eigenvalue weighted by Crippen LogP contribution is 2.61. The lowest BCUT2D eigenvalue weighted by Crippen LogP contribution is -2.58. The van der Waals surface area contributed by atoms with Crippen LogP contribution in [-0.2, 0) is 0 Å². The molecule has 24 heavy (non-hydrogen) atoms. The Labute approximate surface area is 145 Å². The standard InChI is InChI=1S/C22H30O2/c23-20-17-5-15-4-16(6-17)12-21(20,11-15)1-2-22(24)18-7-13-3-14(9-18)10-19(22)8-13/h13-20,23-24H,3-12H2. The van der Waals surface area contributed by atoms with Gasteiger partial charge in [0.25, 0.3) is 0 Å². The third-order valence-corrected chi connectivity index (χ3v) is 9.15. The first kappa shape index (κ1) is 14.6. The fraction of sp³-hybridized carbons (Fsp3) is 0.909. The summed E-state index contributed by atoms with van der Waals surface area (Å²) in [5.41, 5.74) is -0.921. The fourth-order valence-electron chi connectivity index (χ4n) is 8.52. The third-order valence-electron chi connectivity index (χ3n) is 9.15. The largest absolute Gasteiger partial charge is 0.391 e. The Hall–Kier alpha value is -0.520. The maximum Gasteiger partial charge on any atom is 0.131 e. The molecule has 3 atom stereocenters. The Kier molecular flexibility index (Phi) is 2.80. The molecule has 0 aliphatic heterocycles. The molecule has 8 fully saturated rings. The molecule has 0 aromatic carbocycles. The molecule has 8 rings (SSSR count). The Morgan fingerprint density at radius 3 is 1.79 bits per heavy atom. The van der Waals surface area contributed by atoms with Gasteiger partial charge in [-0.05, 0) is 106 Å². The minimum atomic E-state index is -0.740. The monoisotopic (exact) mass is 326 g/mol. The second kappa shape index (κ2) is 4.60. The zero-order valence-corrected chi connectivity index (χ0v) is 14.6. The predicted octanol–water partition coefficient (Wildman–Crippen LogP) is 3.36. The summed E-state index contributed by atoms with van der Waals surface area (Å²) >= 11 is 0. The lowest BCUT2D eigenvalue weighted by atomic mass is 9.47. The Morgan fingerprint density at radius 2 is 1.21 bits per heavy atom. The van der Waals surface area contributed by atoms with Crippen LogP contribution < -0.4 is 0 Å². The van der Waals surface area contributed by atoms with E-state index in [1.165, 1.54) is 51.4 Å². The zero-order valence-electron chi connectivity index (χ0n) is 14.6. The van der Waals surface area contributed by atoms with Gasteiger partial charge in [0.2, 0.25) is 0 Å². The van der Waals surface area contributed by atoms with Crippen LogP contribution in [0.25, 0.3) is 0 Å². The van der Waals surface area contributed by atoms with Crippen molar-refractivity contribution >= 4 is 0 Å². The van der Waals surface area contributed by atoms with Crippen molar-refractivity contribution in [3.05, 3.63) is 0 Å². The summed E-state index contributed by atoms with van der Waals surface area (Å²) in [4.78, 5) is 0. The molecule has 8 aliphatic carbocycles. The highest BCUT2D eigenvalue weighted by atomic mass is 16.3. The summed E-state index contributed by atoms with van der Waals surface area (Å²) in [6, 6.07) is 0. The normalized spacial score (nSPS) is 62.6. The molecule has 0 heterocycles. The van der Waals surface area contributed by atoms with E-state index in [0.29, 0.717) is 17.8 Å². The van der Waals surface area contributed by atoms with Crippen molar-refractivity contribution < 1.29 is 10.2 Å². The van der Waals surface area contributed by atoms with Gasteiger partial charge in [-0.3, -0.25) is 0 Å². The fourth-order valence-corrected chi connectivity index (χ4v) is 8.52. The summed E-state index contributed by atoms with van der Waals surface area (Å²) in [6.07, 6.45) is 11.9. The number of aliphatic hydroxyl groups is 2. The van der Waals surface area contributed by atoms with Gasteiger partial charge in [-0.15, -0.1) is 0 Å². The van der Waals surface area contributed by atoms with Crippen LogP contribution in [0.5, 0.6) is 0 Å². The third kappa shape index (κ3) is 1.81. The predicted molar refractivity (Wildman–Crippen MR) is 91.8 cm³/mol. The minimum Gasteiger partial charge on any atom is -0.391 e. The van der Waals surface area contributed by atoms with Gasteiger partial charge < -0.3 is 10.2 Å². The number of rotatable bonds is 0. The highest BCUT2D eigenvalue weighted by molar-refractivity contribution is 5.29. The van der Waals surface area contributed by atoms with Gasteiger partial charge in [0.1, 0.15) is 5.60 Å². The van der Waals surface area contributed by atoms with Crippen LogP contribution in [0.15, 0.2) is 0 Å². The lowest BCUT2D eigenvalue weighted by Gasteiger charge is -2.58. The molecule has 0 saturated heterocycles. The molecule has 2 nitrogen and oxygen atoms in total. The van der Waals surface area contributed by atoms with Gasteiger partial charge in [-0.2, -0.15) is 0 Å². The zero-order chi connectivity index (χ0) is 16.1. The van der Waals surface area contributed by atoms with E-state index in [4.69, 9.17) is 0 Å². The van der Waals surface area contributed by atoms with E-state index in [1.54, 1.807) is 0 Å². The van der Waals surface area contributed by atoms with Crippen molar-refractivity contribution in [2.24, 2.45) is 46.8 Å². The van der Waals surface area contributed by atoms with Crippen LogP contribution >= 0.6 is 0 Å². The van der Waals surface area contributed by atoms with Crippen molar-refractivity contribution in [2.75, 3.05) is 0 Å². The van der Waals surface area contributed by atoms with Crippen molar-refractivity contribution in [1.29, 1.82) is 0 Å². The van der Waals surface area contributed by atoms with Crippen LogP contribution in [0.4, 0.5) is 0 Å². The van der Waals surface area contributed by atoms with E-state index in [-0.39, 0.29) is 11.5 Å². The van der Waals surface area contributed by atoms with Crippen molar-refractivity contribution in [3.63, 3.8) is 0 Å². The molecule has 2 N–H and O–H groups in total. The van der Waals surface area contributed by atoms with Crippen LogP contribution in [0.3, 0.4) is 0 Å². The molecule has 8 aliphatic rings. The molecule has 0 radical (unpaired) electrons. The number of hydrogen-bond donors (Lipinski definition) is 2. The Balaban J connectivity index is 1.35. The topological polar surface area (TPSA) is 40.5 Å². The maximum absolute atomic E-state index is 11.5. The quantitative estimate of drug-likeness (QED) is 0.670. The average Bonchev–Trinajstić information content (AvgIpc) is 2.54. The first-order chi connectivity index (χ1) is 11.5. The molecule has 0 aromatic rings. The van der Waals surface area contributed by atoms with Crippen molar-refractivity contribution in [3.8, 4) is 11.8 Å². The first-order valence-electron chi connectivity index (χ1n) is 10.5. The van der Waals surface area contributed by atoms with Gasteiger partial charge >= 0.3 is 0 Å². The second-order valence-electron chi connectivity index (χ2n) is 10.6. The molecule has 3 unspecified atom stereocenters. The molecule has 8 saturated carbocycles. The second-order valence-corrected chi connectivity index (χ2v) is 10.6. The Bertz CT molecular complexity index is 584. The van der Waals surface area contributed by atoms with Crippen LogP contribution in [0.1, 0.15) is 64.2 Å². The summed E-state index contributed by atoms with van der Waals surface area (Å²) in [6.45, 7) is 0. The summed E-state index contributed by atoms with van der Waals surface area (Å²) in [5.74, 6) is 11.7. The van der Waals surface area contributed by atoms with Crippen LogP contribution in [0, 0.1) is 58.7 Å². The molecule has 0 amide bonds. The first-order valence-corrected chi connectivity index (χ1v) is 10.5. The summed E-state index contributed by atoms with van der Waals surface area (Å²) < 4.78 is 0. The van der Waals surface area contributed by atoms with Crippen molar-refractivity contribution in [1.82, 2.24) is 0 Å². The van der Waals surface area contributed by atoms with Gasteiger partial charge in [0, 0.05) is 0 Å². The lowest BCUT2D eigenvalue weighted by molar-refractivity contribution is -0.139. The molecule has 130 valence electrons. The molecular weight excluding hydrogens is 296 g/mol. The SMILES string of the molecule is OC1C2CC3CC(C2)CC1(C#CC1(O)C2CC4CC(C2)CC1C4)C3. The molecule has 0 spiro atoms. The van der Waals surface area contributed by atoms with E-state index in [1.807, 2.05) is 0 Å². The smallest absolute Gasteiger partial charge is 0.131 e. The maximum atomic E-state index is 11.5. The Morgan fingerprint density at radius 1 is 0.667 bits per heavy atom. The van der Waals surface area contributed by atoms with Crippen molar-refractivity contribution in [2.45, 2.75) is 75.9 Å². The average molecular weight is 326 g/mol. The van der Waals surface area contributed by atoms with Crippen LogP contribution in [0.2, 0.25) is 0 Å². The minimum absolute atomic E-state index is 0.181. The number of aliphatic hydroxyl groups excluding tert-OH is 1.